The van der Waals surface area contributed by atoms with Crippen LogP contribution in [-0.2, 0) is 20.1 Å². The summed E-state index contributed by atoms with van der Waals surface area (Å²) in [6.07, 6.45) is 1.92. The first-order chi connectivity index (χ1) is 18.5. The summed E-state index contributed by atoms with van der Waals surface area (Å²) in [4.78, 5) is 43.7. The molecule has 0 saturated carbocycles. The maximum absolute atomic E-state index is 13.9. The Morgan fingerprint density at radius 3 is 2.50 bits per heavy atom. The van der Waals surface area contributed by atoms with Gasteiger partial charge in [-0.3, -0.25) is 13.9 Å². The van der Waals surface area contributed by atoms with Crippen molar-refractivity contribution in [2.45, 2.75) is 38.9 Å². The van der Waals surface area contributed by atoms with Crippen LogP contribution in [0.25, 0.3) is 33.3 Å². The van der Waals surface area contributed by atoms with Crippen molar-refractivity contribution in [1.29, 1.82) is 0 Å². The molecule has 1 aliphatic rings. The molecule has 0 bridgehead atoms. The molecule has 3 aromatic heterocycles. The SMILES string of the molecule is CCn1c(N2CCC[C@@H](N)C2)nc2c1c(=O)n(Cc1nc(-c3ccccc3)c3ccccc3n1)c(=O)n2C. The largest absolute Gasteiger partial charge is 0.341 e. The number of rotatable bonds is 5. The normalized spacial score (nSPS) is 16.0. The van der Waals surface area contributed by atoms with E-state index >= 15 is 0 Å². The van der Waals surface area contributed by atoms with Gasteiger partial charge in [-0.05, 0) is 25.8 Å². The van der Waals surface area contributed by atoms with Crippen molar-refractivity contribution in [3.05, 3.63) is 81.3 Å². The Hall–Kier alpha value is -4.31. The van der Waals surface area contributed by atoms with Crippen LogP contribution in [-0.4, -0.2) is 47.8 Å². The molecule has 194 valence electrons. The molecule has 4 heterocycles. The lowest BCUT2D eigenvalue weighted by molar-refractivity contribution is 0.494. The predicted molar refractivity (Wildman–Crippen MR) is 148 cm³/mol. The minimum absolute atomic E-state index is 0.0507. The van der Waals surface area contributed by atoms with Gasteiger partial charge < -0.3 is 15.2 Å². The lowest BCUT2D eigenvalue weighted by atomic mass is 10.1. The van der Waals surface area contributed by atoms with Crippen molar-refractivity contribution in [3.63, 3.8) is 0 Å². The lowest BCUT2D eigenvalue weighted by Gasteiger charge is -2.31. The third-order valence-corrected chi connectivity index (χ3v) is 7.27. The van der Waals surface area contributed by atoms with Crippen LogP contribution in [0.2, 0.25) is 0 Å². The Kier molecular flexibility index (Phi) is 6.03. The van der Waals surface area contributed by atoms with Crippen LogP contribution in [0.3, 0.4) is 0 Å². The van der Waals surface area contributed by atoms with Crippen LogP contribution < -0.4 is 21.9 Å². The molecule has 10 nitrogen and oxygen atoms in total. The quantitative estimate of drug-likeness (QED) is 0.386. The molecule has 0 aliphatic carbocycles. The van der Waals surface area contributed by atoms with Crippen LogP contribution in [0.15, 0.2) is 64.2 Å². The molecule has 2 N–H and O–H groups in total. The van der Waals surface area contributed by atoms with E-state index in [9.17, 15) is 9.59 Å². The molecular weight excluding hydrogens is 480 g/mol. The van der Waals surface area contributed by atoms with E-state index < -0.39 is 11.2 Å². The summed E-state index contributed by atoms with van der Waals surface area (Å²) < 4.78 is 4.54. The van der Waals surface area contributed by atoms with Crippen molar-refractivity contribution >= 4 is 28.0 Å². The summed E-state index contributed by atoms with van der Waals surface area (Å²) in [7, 11) is 1.65. The van der Waals surface area contributed by atoms with Gasteiger partial charge in [-0.25, -0.2) is 14.8 Å². The number of nitrogens with two attached hydrogens (primary N) is 1. The van der Waals surface area contributed by atoms with Gasteiger partial charge in [0.1, 0.15) is 5.82 Å². The molecule has 1 aliphatic heterocycles. The molecule has 1 atom stereocenters. The average Bonchev–Trinajstić information content (AvgIpc) is 3.34. The summed E-state index contributed by atoms with van der Waals surface area (Å²) in [5.41, 5.74) is 8.59. The van der Waals surface area contributed by atoms with E-state index in [1.165, 1.54) is 9.13 Å². The van der Waals surface area contributed by atoms with Gasteiger partial charge in [-0.2, -0.15) is 4.98 Å². The Morgan fingerprint density at radius 2 is 1.74 bits per heavy atom. The molecule has 10 heteroatoms. The number of anilines is 1. The highest BCUT2D eigenvalue weighted by Gasteiger charge is 2.26. The van der Waals surface area contributed by atoms with Crippen LogP contribution in [0.4, 0.5) is 5.95 Å². The van der Waals surface area contributed by atoms with Gasteiger partial charge in [0.05, 0.1) is 17.8 Å². The molecule has 0 amide bonds. The molecule has 6 rings (SSSR count). The first-order valence-electron chi connectivity index (χ1n) is 13.0. The zero-order valence-electron chi connectivity index (χ0n) is 21.5. The summed E-state index contributed by atoms with van der Waals surface area (Å²) in [5, 5.41) is 0.909. The highest BCUT2D eigenvalue weighted by molar-refractivity contribution is 5.92. The number of hydrogen-bond donors (Lipinski definition) is 1. The summed E-state index contributed by atoms with van der Waals surface area (Å²) in [6.45, 7) is 3.94. The number of imidazole rings is 1. The first-order valence-corrected chi connectivity index (χ1v) is 13.0. The fraction of sp³-hybridized carbons (Fsp3) is 0.321. The molecule has 5 aromatic rings. The summed E-state index contributed by atoms with van der Waals surface area (Å²) in [6, 6.07) is 17.7. The molecule has 1 saturated heterocycles. The molecule has 38 heavy (non-hydrogen) atoms. The number of piperidine rings is 1. The Balaban J connectivity index is 1.51. The highest BCUT2D eigenvalue weighted by atomic mass is 16.2. The van der Waals surface area contributed by atoms with Crippen LogP contribution in [0, 0.1) is 0 Å². The zero-order valence-corrected chi connectivity index (χ0v) is 21.5. The second kappa shape index (κ2) is 9.53. The third-order valence-electron chi connectivity index (χ3n) is 7.27. The van der Waals surface area contributed by atoms with E-state index in [0.29, 0.717) is 36.0 Å². The standard InChI is InChI=1S/C28H30N8O2/c1-3-35-24-25(32-27(35)34-15-9-12-19(29)16-34)33(2)28(38)36(26(24)37)17-22-30-21-14-8-7-13-20(21)23(31-22)18-10-5-4-6-11-18/h4-8,10-11,13-14,19H,3,9,12,15-17,29H2,1-2H3/t19-/m1/s1. The Labute approximate surface area is 219 Å². The fourth-order valence-electron chi connectivity index (χ4n) is 5.38. The van der Waals surface area contributed by atoms with Crippen molar-refractivity contribution in [2.75, 3.05) is 18.0 Å². The number of nitrogens with zero attached hydrogens (tertiary/aromatic N) is 7. The number of aryl methyl sites for hydroxylation is 2. The molecular formula is C28H30N8O2. The van der Waals surface area contributed by atoms with E-state index in [-0.39, 0.29) is 12.6 Å². The molecule has 1 fully saturated rings. The van der Waals surface area contributed by atoms with Gasteiger partial charge in [0.15, 0.2) is 11.2 Å². The van der Waals surface area contributed by atoms with Crippen molar-refractivity contribution in [3.8, 4) is 11.3 Å². The minimum atomic E-state index is -0.455. The molecule has 0 spiro atoms. The molecule has 0 radical (unpaired) electrons. The van der Waals surface area contributed by atoms with E-state index in [1.54, 1.807) is 7.05 Å². The fourth-order valence-corrected chi connectivity index (χ4v) is 5.38. The van der Waals surface area contributed by atoms with Gasteiger partial charge in [-0.1, -0.05) is 48.5 Å². The Bertz CT molecular complexity index is 1770. The van der Waals surface area contributed by atoms with E-state index in [0.717, 1.165) is 41.5 Å². The predicted octanol–water partition coefficient (Wildman–Crippen LogP) is 2.50. The number of benzene rings is 2. The zero-order chi connectivity index (χ0) is 26.4. The van der Waals surface area contributed by atoms with Crippen LogP contribution in [0.5, 0.6) is 0 Å². The van der Waals surface area contributed by atoms with Gasteiger partial charge in [-0.15, -0.1) is 0 Å². The first kappa shape index (κ1) is 24.1. The van der Waals surface area contributed by atoms with Crippen LogP contribution >= 0.6 is 0 Å². The second-order valence-corrected chi connectivity index (χ2v) is 9.78. The van der Waals surface area contributed by atoms with Gasteiger partial charge in [0, 0.05) is 43.7 Å². The number of aromatic nitrogens is 6. The van der Waals surface area contributed by atoms with E-state index in [4.69, 9.17) is 20.7 Å². The number of hydrogen-bond acceptors (Lipinski definition) is 7. The maximum Gasteiger partial charge on any atom is 0.332 e. The smallest absolute Gasteiger partial charge is 0.332 e. The maximum atomic E-state index is 13.9. The second-order valence-electron chi connectivity index (χ2n) is 9.78. The molecule has 0 unspecified atom stereocenters. The number of fused-ring (bicyclic) bond motifs is 2. The van der Waals surface area contributed by atoms with Gasteiger partial charge in [0.25, 0.3) is 5.56 Å². The van der Waals surface area contributed by atoms with Crippen molar-refractivity contribution in [2.24, 2.45) is 12.8 Å². The Morgan fingerprint density at radius 1 is 0.974 bits per heavy atom. The van der Waals surface area contributed by atoms with Gasteiger partial charge >= 0.3 is 5.69 Å². The van der Waals surface area contributed by atoms with E-state index in [1.807, 2.05) is 66.1 Å². The summed E-state index contributed by atoms with van der Waals surface area (Å²) in [5.74, 6) is 1.07. The van der Waals surface area contributed by atoms with E-state index in [2.05, 4.69) is 4.90 Å². The third kappa shape index (κ3) is 3.97. The highest BCUT2D eigenvalue weighted by Crippen LogP contribution is 2.26. The topological polar surface area (TPSA) is 117 Å². The lowest BCUT2D eigenvalue weighted by Crippen LogP contribution is -2.44. The van der Waals surface area contributed by atoms with Gasteiger partial charge in [0.2, 0.25) is 5.95 Å². The monoisotopic (exact) mass is 510 g/mol. The van der Waals surface area contributed by atoms with Crippen molar-refractivity contribution < 1.29 is 0 Å². The number of para-hydroxylation sites is 1. The molecule has 2 aromatic carbocycles. The minimum Gasteiger partial charge on any atom is -0.341 e. The van der Waals surface area contributed by atoms with Crippen LogP contribution in [0.1, 0.15) is 25.6 Å². The van der Waals surface area contributed by atoms with Crippen molar-refractivity contribution in [1.82, 2.24) is 28.7 Å². The average molecular weight is 511 g/mol. The summed E-state index contributed by atoms with van der Waals surface area (Å²) >= 11 is 0.